The highest BCUT2D eigenvalue weighted by Crippen LogP contribution is 2.36. The maximum Gasteiger partial charge on any atom is 0.0622 e. The van der Waals surface area contributed by atoms with E-state index in [4.69, 9.17) is 9.47 Å². The van der Waals surface area contributed by atoms with Crippen LogP contribution in [-0.4, -0.2) is 73.4 Å². The van der Waals surface area contributed by atoms with Crippen LogP contribution in [0.2, 0.25) is 0 Å². The van der Waals surface area contributed by atoms with E-state index in [1.54, 1.807) is 0 Å². The molecule has 4 rings (SSSR count). The smallest absolute Gasteiger partial charge is 0.0622 e. The largest absolute Gasteiger partial charge is 0.380 e. The Balaban J connectivity index is 1.37. The molecule has 0 N–H and O–H groups in total. The molecule has 1 spiro atoms. The number of hydrogen-bond donors (Lipinski definition) is 0. The van der Waals surface area contributed by atoms with Crippen LogP contribution < -0.4 is 0 Å². The van der Waals surface area contributed by atoms with Crippen LogP contribution in [0.4, 0.5) is 0 Å². The van der Waals surface area contributed by atoms with Crippen LogP contribution >= 0.6 is 0 Å². The molecule has 24 heavy (non-hydrogen) atoms. The fourth-order valence-corrected chi connectivity index (χ4v) is 4.44. The topological polar surface area (TPSA) is 37.8 Å². The molecular weight excluding hydrogens is 302 g/mol. The highest BCUT2D eigenvalue weighted by atomic mass is 16.5. The van der Waals surface area contributed by atoms with Crippen molar-refractivity contribution in [3.63, 3.8) is 0 Å². The van der Waals surface area contributed by atoms with Gasteiger partial charge in [0.15, 0.2) is 0 Å². The van der Waals surface area contributed by atoms with E-state index in [1.165, 1.54) is 37.9 Å². The van der Waals surface area contributed by atoms with Gasteiger partial charge >= 0.3 is 0 Å². The van der Waals surface area contributed by atoms with E-state index in [-0.39, 0.29) is 0 Å². The van der Waals surface area contributed by atoms with E-state index in [9.17, 15) is 0 Å². The molecule has 3 saturated heterocycles. The lowest BCUT2D eigenvalue weighted by Gasteiger charge is -2.44. The molecule has 0 amide bonds. The van der Waals surface area contributed by atoms with Crippen LogP contribution in [0.1, 0.15) is 24.8 Å². The summed E-state index contributed by atoms with van der Waals surface area (Å²) in [4.78, 5) is 9.47. The van der Waals surface area contributed by atoms with Gasteiger partial charge in [-0.15, -0.1) is 0 Å². The minimum absolute atomic E-state index is 0.328. The Morgan fingerprint density at radius 3 is 2.83 bits per heavy atom. The summed E-state index contributed by atoms with van der Waals surface area (Å²) in [6.07, 6.45) is 7.52. The zero-order chi connectivity index (χ0) is 16.2. The van der Waals surface area contributed by atoms with E-state index in [2.05, 4.69) is 20.9 Å². The van der Waals surface area contributed by atoms with E-state index >= 15 is 0 Å². The Morgan fingerprint density at radius 2 is 2.08 bits per heavy atom. The molecule has 0 aliphatic carbocycles. The first-order chi connectivity index (χ1) is 11.8. The number of piperidine rings is 1. The summed E-state index contributed by atoms with van der Waals surface area (Å²) in [5.41, 5.74) is 1.63. The van der Waals surface area contributed by atoms with Crippen molar-refractivity contribution in [2.45, 2.75) is 31.8 Å². The zero-order valence-electron chi connectivity index (χ0n) is 14.5. The van der Waals surface area contributed by atoms with Crippen molar-refractivity contribution in [2.24, 2.45) is 5.41 Å². The van der Waals surface area contributed by atoms with Gasteiger partial charge in [0.25, 0.3) is 0 Å². The fourth-order valence-electron chi connectivity index (χ4n) is 4.44. The van der Waals surface area contributed by atoms with Gasteiger partial charge in [-0.3, -0.25) is 14.8 Å². The average Bonchev–Trinajstić information content (AvgIpc) is 3.08. The van der Waals surface area contributed by atoms with E-state index in [0.29, 0.717) is 11.5 Å². The Hall–Kier alpha value is -1.01. The molecule has 1 aromatic heterocycles. The van der Waals surface area contributed by atoms with Gasteiger partial charge < -0.3 is 9.47 Å². The van der Waals surface area contributed by atoms with Crippen LogP contribution in [-0.2, 0) is 16.0 Å². The van der Waals surface area contributed by atoms with Crippen molar-refractivity contribution < 1.29 is 9.47 Å². The lowest BCUT2D eigenvalue weighted by atomic mass is 9.78. The molecule has 4 heterocycles. The molecule has 0 aromatic carbocycles. The molecule has 5 heteroatoms. The number of rotatable bonds is 3. The summed E-state index contributed by atoms with van der Waals surface area (Å²) in [6, 6.07) is 4.86. The maximum atomic E-state index is 6.02. The van der Waals surface area contributed by atoms with E-state index in [0.717, 1.165) is 46.1 Å². The molecule has 1 aromatic rings. The molecule has 3 aliphatic rings. The van der Waals surface area contributed by atoms with Gasteiger partial charge in [-0.25, -0.2) is 0 Å². The third-order valence-electron chi connectivity index (χ3n) is 5.93. The van der Waals surface area contributed by atoms with E-state index in [1.807, 2.05) is 18.5 Å². The quantitative estimate of drug-likeness (QED) is 0.844. The number of nitrogens with zero attached hydrogens (tertiary/aromatic N) is 3. The van der Waals surface area contributed by atoms with Crippen molar-refractivity contribution in [1.29, 1.82) is 0 Å². The lowest BCUT2D eigenvalue weighted by Crippen LogP contribution is -2.50. The summed E-state index contributed by atoms with van der Waals surface area (Å²) in [5.74, 6) is 0. The van der Waals surface area contributed by atoms with Crippen molar-refractivity contribution >= 4 is 0 Å². The normalized spacial score (nSPS) is 28.9. The van der Waals surface area contributed by atoms with Gasteiger partial charge in [0, 0.05) is 50.1 Å². The summed E-state index contributed by atoms with van der Waals surface area (Å²) in [7, 11) is 0. The number of hydrogen-bond acceptors (Lipinski definition) is 5. The summed E-state index contributed by atoms with van der Waals surface area (Å²) in [5, 5.41) is 0. The van der Waals surface area contributed by atoms with Gasteiger partial charge in [-0.2, -0.15) is 0 Å². The molecule has 0 radical (unpaired) electrons. The molecule has 1 atom stereocenters. The molecule has 0 saturated carbocycles. The Labute approximate surface area is 144 Å². The number of ether oxygens (including phenoxy) is 2. The SMILES string of the molecule is c1cncc(CN2CCOCC3(CCN(C4CCOC4)CC3)C2)c1. The first kappa shape index (κ1) is 16.5. The maximum absolute atomic E-state index is 6.02. The Kier molecular flexibility index (Phi) is 5.13. The molecule has 5 nitrogen and oxygen atoms in total. The standard InChI is InChI=1S/C19H29N3O2/c1-2-17(12-20-6-1)13-21-9-11-24-16-19(15-21)4-7-22(8-5-19)18-3-10-23-14-18/h1-2,6,12,18H,3-5,7-11,13-16H2. The van der Waals surface area contributed by atoms with Gasteiger partial charge in [0.2, 0.25) is 0 Å². The minimum atomic E-state index is 0.328. The number of likely N-dealkylation sites (tertiary alicyclic amines) is 1. The van der Waals surface area contributed by atoms with Gasteiger partial charge in [0.05, 0.1) is 19.8 Å². The van der Waals surface area contributed by atoms with Gasteiger partial charge in [0.1, 0.15) is 0 Å². The molecular formula is C19H29N3O2. The van der Waals surface area contributed by atoms with Gasteiger partial charge in [-0.05, 0) is 44.0 Å². The van der Waals surface area contributed by atoms with E-state index < -0.39 is 0 Å². The van der Waals surface area contributed by atoms with Crippen LogP contribution in [0.25, 0.3) is 0 Å². The second kappa shape index (κ2) is 7.48. The third kappa shape index (κ3) is 3.80. The minimum Gasteiger partial charge on any atom is -0.380 e. The zero-order valence-corrected chi connectivity index (χ0v) is 14.5. The lowest BCUT2D eigenvalue weighted by molar-refractivity contribution is 0.00167. The van der Waals surface area contributed by atoms with Crippen LogP contribution in [0, 0.1) is 5.41 Å². The Morgan fingerprint density at radius 1 is 1.17 bits per heavy atom. The summed E-state index contributed by atoms with van der Waals surface area (Å²) >= 11 is 0. The molecule has 3 aliphatic heterocycles. The highest BCUT2D eigenvalue weighted by molar-refractivity contribution is 5.08. The van der Waals surface area contributed by atoms with Crippen molar-refractivity contribution in [3.8, 4) is 0 Å². The van der Waals surface area contributed by atoms with Gasteiger partial charge in [-0.1, -0.05) is 6.07 Å². The van der Waals surface area contributed by atoms with Crippen LogP contribution in [0.5, 0.6) is 0 Å². The summed E-state index contributed by atoms with van der Waals surface area (Å²) in [6.45, 7) is 9.18. The second-order valence-electron chi connectivity index (χ2n) is 7.68. The molecule has 1 unspecified atom stereocenters. The van der Waals surface area contributed by atoms with Crippen LogP contribution in [0.3, 0.4) is 0 Å². The van der Waals surface area contributed by atoms with Crippen LogP contribution in [0.15, 0.2) is 24.5 Å². The molecule has 132 valence electrons. The second-order valence-corrected chi connectivity index (χ2v) is 7.68. The fraction of sp³-hybridized carbons (Fsp3) is 0.737. The average molecular weight is 331 g/mol. The first-order valence-corrected chi connectivity index (χ1v) is 9.34. The predicted molar refractivity (Wildman–Crippen MR) is 92.8 cm³/mol. The monoisotopic (exact) mass is 331 g/mol. The van der Waals surface area contributed by atoms with Crippen molar-refractivity contribution in [2.75, 3.05) is 52.6 Å². The first-order valence-electron chi connectivity index (χ1n) is 9.34. The van der Waals surface area contributed by atoms with Crippen molar-refractivity contribution in [3.05, 3.63) is 30.1 Å². The summed E-state index contributed by atoms with van der Waals surface area (Å²) < 4.78 is 11.6. The number of pyridine rings is 1. The predicted octanol–water partition coefficient (Wildman–Crippen LogP) is 1.78. The van der Waals surface area contributed by atoms with Crippen molar-refractivity contribution in [1.82, 2.24) is 14.8 Å². The number of aromatic nitrogens is 1. The molecule has 0 bridgehead atoms. The Bertz CT molecular complexity index is 511. The highest BCUT2D eigenvalue weighted by Gasteiger charge is 2.39. The third-order valence-corrected chi connectivity index (χ3v) is 5.93. The molecule has 3 fully saturated rings.